The van der Waals surface area contributed by atoms with Crippen molar-refractivity contribution in [3.05, 3.63) is 157 Å². The molecule has 0 bridgehead atoms. The average molecular weight is 561 g/mol. The number of benzene rings is 6. The van der Waals surface area contributed by atoms with Gasteiger partial charge in [0, 0.05) is 33.0 Å². The average Bonchev–Trinajstić information content (AvgIpc) is 3.52. The van der Waals surface area contributed by atoms with E-state index in [1.165, 1.54) is 0 Å². The fraction of sp³-hybridized carbons (Fsp3) is 0. The molecule has 8 aromatic rings. The van der Waals surface area contributed by atoms with Gasteiger partial charge in [-0.3, -0.25) is 0 Å². The molecule has 0 aliphatic carbocycles. The lowest BCUT2D eigenvalue weighted by Crippen LogP contribution is -2.00. The summed E-state index contributed by atoms with van der Waals surface area (Å²) in [6.45, 7) is 0. The molecule has 4 heteroatoms. The Hall–Kier alpha value is -5.87. The summed E-state index contributed by atoms with van der Waals surface area (Å²) in [5.74, 6) is -0.616. The van der Waals surface area contributed by atoms with Gasteiger partial charge in [0.2, 0.25) is 0 Å². The van der Waals surface area contributed by atoms with Crippen molar-refractivity contribution in [1.29, 1.82) is 0 Å². The lowest BCUT2D eigenvalue weighted by atomic mass is 10.0. The quantitative estimate of drug-likeness (QED) is 0.210. The first-order valence-electron chi connectivity index (χ1n) is 18.6. The van der Waals surface area contributed by atoms with Crippen molar-refractivity contribution >= 4 is 21.8 Å². The van der Waals surface area contributed by atoms with Gasteiger partial charge in [-0.25, -0.2) is 15.0 Å². The minimum Gasteiger partial charge on any atom is -0.309 e. The van der Waals surface area contributed by atoms with E-state index in [0.29, 0.717) is 5.56 Å². The molecule has 0 unspecified atom stereocenters. The van der Waals surface area contributed by atoms with Gasteiger partial charge in [-0.15, -0.1) is 0 Å². The van der Waals surface area contributed by atoms with E-state index in [1.54, 1.807) is 12.1 Å². The second-order valence-electron chi connectivity index (χ2n) is 9.77. The zero-order valence-corrected chi connectivity index (χ0v) is 22.5. The molecule has 2 heterocycles. The van der Waals surface area contributed by atoms with Gasteiger partial charge in [0.05, 0.1) is 30.4 Å². The summed E-state index contributed by atoms with van der Waals surface area (Å²) in [4.78, 5) is 13.4. The maximum Gasteiger partial charge on any atom is 0.164 e. The second-order valence-corrected chi connectivity index (χ2v) is 9.77. The Kier molecular flexibility index (Phi) is 4.04. The predicted octanol–water partition coefficient (Wildman–Crippen LogP) is 9.64. The number of aromatic nitrogens is 4. The molecular formula is C39H26N4. The van der Waals surface area contributed by atoms with Crippen molar-refractivity contribution in [3.8, 4) is 51.0 Å². The van der Waals surface area contributed by atoms with Gasteiger partial charge in [-0.2, -0.15) is 0 Å². The Balaban J connectivity index is 1.31. The first kappa shape index (κ1) is 16.5. The highest BCUT2D eigenvalue weighted by molar-refractivity contribution is 6.09. The zero-order chi connectivity index (χ0) is 37.3. The molecule has 4 nitrogen and oxygen atoms in total. The summed E-state index contributed by atoms with van der Waals surface area (Å²) in [5, 5.41) is 2.26. The topological polar surface area (TPSA) is 43.6 Å². The Labute approximate surface area is 263 Å². The van der Waals surface area contributed by atoms with Crippen molar-refractivity contribution in [3.63, 3.8) is 0 Å². The van der Waals surface area contributed by atoms with Crippen LogP contribution in [0.15, 0.2) is 157 Å². The van der Waals surface area contributed by atoms with Crippen molar-refractivity contribution in [2.24, 2.45) is 0 Å². The van der Waals surface area contributed by atoms with Crippen LogP contribution in [0.5, 0.6) is 0 Å². The minimum atomic E-state index is -0.599. The third kappa shape index (κ3) is 4.46. The third-order valence-corrected chi connectivity index (χ3v) is 7.26. The van der Waals surface area contributed by atoms with E-state index in [4.69, 9.17) is 13.7 Å². The summed E-state index contributed by atoms with van der Waals surface area (Å²) < 4.78 is 85.5. The summed E-state index contributed by atoms with van der Waals surface area (Å²) in [6.07, 6.45) is 0. The fourth-order valence-corrected chi connectivity index (χ4v) is 5.35. The molecule has 0 atom stereocenters. The molecule has 2 aromatic heterocycles. The van der Waals surface area contributed by atoms with Crippen LogP contribution in [0.4, 0.5) is 0 Å². The lowest BCUT2D eigenvalue weighted by molar-refractivity contribution is 1.07. The highest BCUT2D eigenvalue weighted by Crippen LogP contribution is 2.36. The largest absolute Gasteiger partial charge is 0.309 e. The van der Waals surface area contributed by atoms with E-state index in [1.807, 2.05) is 54.6 Å². The van der Waals surface area contributed by atoms with Crippen LogP contribution in [0.25, 0.3) is 72.8 Å². The Morgan fingerprint density at radius 1 is 0.419 bits per heavy atom. The molecule has 43 heavy (non-hydrogen) atoms. The standard InChI is InChI=1S/C39H26N4/c1-3-13-28(14-4-1)37-40-38(29-15-5-2-6-16-29)42-39(41-37)30-25-23-27(24-26-30)31-17-7-10-20-34(31)43-35-21-11-8-18-32(35)33-19-9-12-22-36(33)43/h1-26H/i1D,2D,3D,4D,5D,6D,13D,14D,15D,16D. The molecule has 6 aromatic carbocycles. The van der Waals surface area contributed by atoms with Crippen LogP contribution >= 0.6 is 0 Å². The van der Waals surface area contributed by atoms with Crippen molar-refractivity contribution in [2.75, 3.05) is 0 Å². The van der Waals surface area contributed by atoms with Gasteiger partial charge in [-0.1, -0.05) is 139 Å². The van der Waals surface area contributed by atoms with Crippen molar-refractivity contribution in [2.45, 2.75) is 0 Å². The third-order valence-electron chi connectivity index (χ3n) is 7.26. The summed E-state index contributed by atoms with van der Waals surface area (Å²) in [5.41, 5.74) is 4.72. The van der Waals surface area contributed by atoms with Gasteiger partial charge in [0.25, 0.3) is 0 Å². The van der Waals surface area contributed by atoms with E-state index < -0.39 is 60.4 Å². The fourth-order valence-electron chi connectivity index (χ4n) is 5.35. The van der Waals surface area contributed by atoms with Crippen molar-refractivity contribution < 1.29 is 13.7 Å². The number of fused-ring (bicyclic) bond motifs is 3. The zero-order valence-electron chi connectivity index (χ0n) is 32.5. The van der Waals surface area contributed by atoms with E-state index in [9.17, 15) is 0 Å². The second kappa shape index (κ2) is 10.5. The lowest BCUT2D eigenvalue weighted by Gasteiger charge is -2.14. The van der Waals surface area contributed by atoms with Crippen LogP contribution < -0.4 is 0 Å². The minimum absolute atomic E-state index is 0.00542. The van der Waals surface area contributed by atoms with E-state index in [2.05, 4.69) is 49.9 Å². The van der Waals surface area contributed by atoms with Crippen LogP contribution in [0.2, 0.25) is 0 Å². The first-order valence-corrected chi connectivity index (χ1v) is 13.6. The van der Waals surface area contributed by atoms with Crippen LogP contribution in [0.1, 0.15) is 13.7 Å². The van der Waals surface area contributed by atoms with Crippen LogP contribution in [0, 0.1) is 0 Å². The Bertz CT molecular complexity index is 2600. The molecule has 0 aliphatic heterocycles. The molecule has 0 radical (unpaired) electrons. The highest BCUT2D eigenvalue weighted by atomic mass is 15.0. The molecule has 0 saturated heterocycles. The molecule has 0 amide bonds. The molecule has 0 fully saturated rings. The van der Waals surface area contributed by atoms with E-state index >= 15 is 0 Å². The highest BCUT2D eigenvalue weighted by Gasteiger charge is 2.16. The smallest absolute Gasteiger partial charge is 0.164 e. The molecular weight excluding hydrogens is 524 g/mol. The maximum absolute atomic E-state index is 8.57. The molecule has 0 spiro atoms. The maximum atomic E-state index is 8.57. The molecule has 0 saturated carbocycles. The number of para-hydroxylation sites is 3. The van der Waals surface area contributed by atoms with Crippen LogP contribution in [-0.2, 0) is 0 Å². The Morgan fingerprint density at radius 3 is 1.42 bits per heavy atom. The van der Waals surface area contributed by atoms with Gasteiger partial charge >= 0.3 is 0 Å². The normalized spacial score (nSPS) is 14.5. The molecule has 8 rings (SSSR count). The number of nitrogens with zero attached hydrogens (tertiary/aromatic N) is 4. The van der Waals surface area contributed by atoms with E-state index in [0.717, 1.165) is 38.6 Å². The van der Waals surface area contributed by atoms with E-state index in [-0.39, 0.29) is 28.6 Å². The monoisotopic (exact) mass is 560 g/mol. The van der Waals surface area contributed by atoms with Crippen molar-refractivity contribution in [1.82, 2.24) is 19.5 Å². The first-order chi connectivity index (χ1) is 25.5. The van der Waals surface area contributed by atoms with Gasteiger partial charge in [0.1, 0.15) is 0 Å². The van der Waals surface area contributed by atoms with Crippen LogP contribution in [0.3, 0.4) is 0 Å². The van der Waals surface area contributed by atoms with Gasteiger partial charge in [0.15, 0.2) is 17.5 Å². The number of hydrogen-bond donors (Lipinski definition) is 0. The number of rotatable bonds is 5. The SMILES string of the molecule is [2H]c1c([2H])c([2H])c(-c2nc(-c3ccc(-c4ccccc4-n4c5ccccc5c5ccccc54)cc3)nc(-c3c([2H])c([2H])c([2H])c([2H])c3[2H])n2)c([2H])c1[2H]. The predicted molar refractivity (Wildman–Crippen MR) is 176 cm³/mol. The molecule has 202 valence electrons. The van der Waals surface area contributed by atoms with Crippen LogP contribution in [-0.4, -0.2) is 19.5 Å². The summed E-state index contributed by atoms with van der Waals surface area (Å²) in [7, 11) is 0. The number of hydrogen-bond acceptors (Lipinski definition) is 3. The van der Waals surface area contributed by atoms with Gasteiger partial charge in [-0.05, 0) is 23.8 Å². The molecule has 0 N–H and O–H groups in total. The van der Waals surface area contributed by atoms with Gasteiger partial charge < -0.3 is 4.57 Å². The Morgan fingerprint density at radius 2 is 0.860 bits per heavy atom. The summed E-state index contributed by atoms with van der Waals surface area (Å²) >= 11 is 0. The molecule has 0 aliphatic rings. The summed E-state index contributed by atoms with van der Waals surface area (Å²) in [6, 6.07) is 26.0.